The van der Waals surface area contributed by atoms with Gasteiger partial charge in [-0.2, -0.15) is 0 Å². The summed E-state index contributed by atoms with van der Waals surface area (Å²) in [6, 6.07) is 11.4. The van der Waals surface area contributed by atoms with Crippen molar-refractivity contribution in [3.63, 3.8) is 0 Å². The Morgan fingerprint density at radius 2 is 1.97 bits per heavy atom. The highest BCUT2D eigenvalue weighted by Crippen LogP contribution is 2.29. The molecule has 0 radical (unpaired) electrons. The predicted molar refractivity (Wildman–Crippen MR) is 125 cm³/mol. The molecule has 1 atom stereocenters. The number of carbonyl (C=O) groups excluding carboxylic acids is 2. The van der Waals surface area contributed by atoms with Crippen LogP contribution in [-0.2, 0) is 16.0 Å². The van der Waals surface area contributed by atoms with Crippen molar-refractivity contribution < 1.29 is 9.59 Å². The van der Waals surface area contributed by atoms with Crippen molar-refractivity contribution in [3.8, 4) is 0 Å². The first kappa shape index (κ1) is 20.1. The van der Waals surface area contributed by atoms with Crippen LogP contribution in [0.25, 0.3) is 27.5 Å². The maximum Gasteiger partial charge on any atom is 0.245 e. The van der Waals surface area contributed by atoms with Crippen molar-refractivity contribution in [2.24, 2.45) is 0 Å². The van der Waals surface area contributed by atoms with E-state index in [1.165, 1.54) is 12.5 Å². The molecule has 162 valence electrons. The van der Waals surface area contributed by atoms with Crippen molar-refractivity contribution in [2.45, 2.75) is 25.8 Å². The van der Waals surface area contributed by atoms with Crippen molar-refractivity contribution in [2.75, 3.05) is 13.1 Å². The minimum atomic E-state index is -0.598. The maximum absolute atomic E-state index is 13.4. The first-order valence-corrected chi connectivity index (χ1v) is 10.8. The van der Waals surface area contributed by atoms with Crippen molar-refractivity contribution in [1.29, 1.82) is 0 Å². The van der Waals surface area contributed by atoms with Crippen LogP contribution in [-0.4, -0.2) is 50.8 Å². The number of hydrogen-bond donors (Lipinski definition) is 3. The zero-order chi connectivity index (χ0) is 22.1. The maximum atomic E-state index is 13.4. The molecular formula is C25H25N5O2. The van der Waals surface area contributed by atoms with Crippen LogP contribution < -0.4 is 5.32 Å². The second kappa shape index (κ2) is 8.34. The lowest BCUT2D eigenvalue weighted by atomic mass is 9.98. The molecule has 4 heterocycles. The molecule has 2 amide bonds. The number of H-pyrrole nitrogens is 2. The van der Waals surface area contributed by atoms with Crippen LogP contribution in [0, 0.1) is 0 Å². The summed E-state index contributed by atoms with van der Waals surface area (Å²) in [6.07, 6.45) is 8.99. The average Bonchev–Trinajstić information content (AvgIpc) is 3.42. The fraction of sp³-hybridized carbons (Fsp3) is 0.240. The quantitative estimate of drug-likeness (QED) is 0.456. The summed E-state index contributed by atoms with van der Waals surface area (Å²) >= 11 is 0. The number of rotatable bonds is 5. The highest BCUT2D eigenvalue weighted by molar-refractivity contribution is 5.92. The SMILES string of the molecule is CC(=O)N[C@H](Cc1c[nH]c2ccccc12)C(=O)N1CC=C(c2c[nH]c3ncccc23)CC1. The molecule has 7 heteroatoms. The smallest absolute Gasteiger partial charge is 0.245 e. The number of nitrogens with one attached hydrogen (secondary N) is 3. The van der Waals surface area contributed by atoms with Gasteiger partial charge in [0.2, 0.25) is 11.8 Å². The van der Waals surface area contributed by atoms with E-state index in [0.717, 1.165) is 39.5 Å². The lowest BCUT2D eigenvalue weighted by Gasteiger charge is -2.30. The lowest BCUT2D eigenvalue weighted by Crippen LogP contribution is -2.50. The molecule has 0 saturated heterocycles. The van der Waals surface area contributed by atoms with E-state index in [9.17, 15) is 9.59 Å². The Kier molecular flexibility index (Phi) is 5.23. The molecule has 32 heavy (non-hydrogen) atoms. The summed E-state index contributed by atoms with van der Waals surface area (Å²) in [4.78, 5) is 37.9. The first-order chi connectivity index (χ1) is 15.6. The summed E-state index contributed by atoms with van der Waals surface area (Å²) in [7, 11) is 0. The molecule has 3 aromatic heterocycles. The topological polar surface area (TPSA) is 93.9 Å². The number of amides is 2. The highest BCUT2D eigenvalue weighted by Gasteiger charge is 2.28. The lowest BCUT2D eigenvalue weighted by molar-refractivity contribution is -0.135. The fourth-order valence-electron chi connectivity index (χ4n) is 4.52. The van der Waals surface area contributed by atoms with E-state index in [1.54, 1.807) is 6.20 Å². The number of hydrogen-bond acceptors (Lipinski definition) is 3. The van der Waals surface area contributed by atoms with E-state index < -0.39 is 6.04 Å². The average molecular weight is 428 g/mol. The molecule has 1 aromatic carbocycles. The molecule has 0 aliphatic carbocycles. The van der Waals surface area contributed by atoms with Crippen LogP contribution in [0.15, 0.2) is 61.1 Å². The molecule has 0 unspecified atom stereocenters. The van der Waals surface area contributed by atoms with Gasteiger partial charge in [-0.15, -0.1) is 0 Å². The molecule has 7 nitrogen and oxygen atoms in total. The molecule has 4 aromatic rings. The summed E-state index contributed by atoms with van der Waals surface area (Å²) in [5.41, 5.74) is 5.26. The van der Waals surface area contributed by atoms with Gasteiger partial charge in [0.05, 0.1) is 0 Å². The van der Waals surface area contributed by atoms with Crippen LogP contribution in [0.4, 0.5) is 0 Å². The molecule has 0 saturated carbocycles. The number of para-hydroxylation sites is 1. The van der Waals surface area contributed by atoms with Gasteiger partial charge in [-0.1, -0.05) is 24.3 Å². The number of pyridine rings is 1. The zero-order valence-corrected chi connectivity index (χ0v) is 17.9. The third-order valence-electron chi connectivity index (χ3n) is 6.09. The summed E-state index contributed by atoms with van der Waals surface area (Å²) in [5, 5.41) is 5.03. The van der Waals surface area contributed by atoms with Gasteiger partial charge in [-0.3, -0.25) is 9.59 Å². The van der Waals surface area contributed by atoms with E-state index in [2.05, 4.69) is 32.4 Å². The van der Waals surface area contributed by atoms with Crippen molar-refractivity contribution in [3.05, 3.63) is 72.2 Å². The van der Waals surface area contributed by atoms with Crippen molar-refractivity contribution in [1.82, 2.24) is 25.2 Å². The minimum absolute atomic E-state index is 0.0543. The second-order valence-electron chi connectivity index (χ2n) is 8.18. The van der Waals surface area contributed by atoms with E-state index in [4.69, 9.17) is 0 Å². The number of nitrogens with zero attached hydrogens (tertiary/aromatic N) is 2. The molecule has 3 N–H and O–H groups in total. The first-order valence-electron chi connectivity index (χ1n) is 10.8. The van der Waals surface area contributed by atoms with Gasteiger partial charge in [-0.05, 0) is 35.8 Å². The van der Waals surface area contributed by atoms with Crippen LogP contribution >= 0.6 is 0 Å². The van der Waals surface area contributed by atoms with E-state index in [-0.39, 0.29) is 11.8 Å². The number of aromatic nitrogens is 3. The van der Waals surface area contributed by atoms with Crippen LogP contribution in [0.2, 0.25) is 0 Å². The van der Waals surface area contributed by atoms with Gasteiger partial charge in [0.15, 0.2) is 0 Å². The highest BCUT2D eigenvalue weighted by atomic mass is 16.2. The molecule has 0 bridgehead atoms. The van der Waals surface area contributed by atoms with Gasteiger partial charge in [0.1, 0.15) is 11.7 Å². The number of benzene rings is 1. The number of fused-ring (bicyclic) bond motifs is 2. The Morgan fingerprint density at radius 3 is 2.78 bits per heavy atom. The normalized spacial score (nSPS) is 15.0. The standard InChI is InChI=1S/C25H25N5O2/c1-16(31)29-23(13-18-14-27-22-7-3-2-5-19(18)22)25(32)30-11-8-17(9-12-30)21-15-28-24-20(21)6-4-10-26-24/h2-8,10,14-15,23,27H,9,11-13H2,1H3,(H,26,28)(H,29,31)/t23-/m1/s1. The molecule has 5 rings (SSSR count). The van der Waals surface area contributed by atoms with Crippen LogP contribution in [0.1, 0.15) is 24.5 Å². The number of aromatic amines is 2. The molecule has 0 fully saturated rings. The fourth-order valence-corrected chi connectivity index (χ4v) is 4.52. The Bertz CT molecular complexity index is 1330. The molecule has 1 aliphatic rings. The van der Waals surface area contributed by atoms with Gasteiger partial charge in [0, 0.05) is 66.9 Å². The van der Waals surface area contributed by atoms with E-state index in [1.807, 2.05) is 47.6 Å². The summed E-state index contributed by atoms with van der Waals surface area (Å²) in [6.45, 7) is 2.58. The molecule has 0 spiro atoms. The van der Waals surface area contributed by atoms with Crippen LogP contribution in [0.3, 0.4) is 0 Å². The molecule has 1 aliphatic heterocycles. The minimum Gasteiger partial charge on any atom is -0.361 e. The van der Waals surface area contributed by atoms with Gasteiger partial charge in [-0.25, -0.2) is 4.98 Å². The Morgan fingerprint density at radius 1 is 1.12 bits per heavy atom. The Balaban J connectivity index is 1.35. The largest absolute Gasteiger partial charge is 0.361 e. The Hall–Kier alpha value is -3.87. The van der Waals surface area contributed by atoms with Crippen molar-refractivity contribution >= 4 is 39.3 Å². The summed E-state index contributed by atoms with van der Waals surface area (Å²) < 4.78 is 0. The van der Waals surface area contributed by atoms with Gasteiger partial charge in [0.25, 0.3) is 0 Å². The second-order valence-corrected chi connectivity index (χ2v) is 8.18. The van der Waals surface area contributed by atoms with E-state index >= 15 is 0 Å². The molecular weight excluding hydrogens is 402 g/mol. The predicted octanol–water partition coefficient (Wildman–Crippen LogP) is 3.41. The van der Waals surface area contributed by atoms with Crippen LogP contribution in [0.5, 0.6) is 0 Å². The number of carbonyl (C=O) groups is 2. The Labute approximate surface area is 185 Å². The monoisotopic (exact) mass is 427 g/mol. The third-order valence-corrected chi connectivity index (χ3v) is 6.09. The third kappa shape index (κ3) is 3.77. The van der Waals surface area contributed by atoms with E-state index in [0.29, 0.717) is 19.5 Å². The zero-order valence-electron chi connectivity index (χ0n) is 17.9. The van der Waals surface area contributed by atoms with Gasteiger partial charge < -0.3 is 20.2 Å². The van der Waals surface area contributed by atoms with Gasteiger partial charge >= 0.3 is 0 Å². The summed E-state index contributed by atoms with van der Waals surface area (Å²) in [5.74, 6) is -0.260.